The molecular weight excluding hydrogens is 284 g/mol. The molecule has 0 aliphatic rings. The summed E-state index contributed by atoms with van der Waals surface area (Å²) in [7, 11) is 0. The molecule has 0 amide bonds. The SMILES string of the molecule is N#Cc1ccnc(Nc2c(Cl)ccc3nsnc23)n1. The topological polar surface area (TPSA) is 87.4 Å². The quantitative estimate of drug-likeness (QED) is 0.780. The van der Waals surface area contributed by atoms with Gasteiger partial charge in [0, 0.05) is 6.20 Å². The number of hydrogen-bond donors (Lipinski definition) is 1. The number of nitriles is 1. The molecule has 0 bridgehead atoms. The van der Waals surface area contributed by atoms with E-state index >= 15 is 0 Å². The van der Waals surface area contributed by atoms with E-state index in [0.717, 1.165) is 17.2 Å². The summed E-state index contributed by atoms with van der Waals surface area (Å²) < 4.78 is 8.32. The highest BCUT2D eigenvalue weighted by atomic mass is 35.5. The lowest BCUT2D eigenvalue weighted by Crippen LogP contribution is -1.99. The van der Waals surface area contributed by atoms with Gasteiger partial charge in [-0.3, -0.25) is 0 Å². The summed E-state index contributed by atoms with van der Waals surface area (Å²) in [6, 6.07) is 6.99. The standard InChI is InChI=1S/C11H5ClN6S/c12-7-1-2-8-10(18-19-17-8)9(7)16-11-14-4-3-6(5-13)15-11/h1-4H,(H,14,15,16). The number of halogens is 1. The molecule has 0 radical (unpaired) electrons. The lowest BCUT2D eigenvalue weighted by molar-refractivity contribution is 1.14. The number of nitrogens with zero attached hydrogens (tertiary/aromatic N) is 5. The highest BCUT2D eigenvalue weighted by molar-refractivity contribution is 7.00. The van der Waals surface area contributed by atoms with Crippen LogP contribution in [0.5, 0.6) is 0 Å². The number of rotatable bonds is 2. The van der Waals surface area contributed by atoms with Crippen molar-refractivity contribution in [2.24, 2.45) is 0 Å². The van der Waals surface area contributed by atoms with Crippen LogP contribution in [0, 0.1) is 11.3 Å². The van der Waals surface area contributed by atoms with Gasteiger partial charge in [-0.2, -0.15) is 14.0 Å². The van der Waals surface area contributed by atoms with Crippen molar-refractivity contribution in [3.63, 3.8) is 0 Å². The summed E-state index contributed by atoms with van der Waals surface area (Å²) >= 11 is 7.24. The average Bonchev–Trinajstić information content (AvgIpc) is 2.91. The van der Waals surface area contributed by atoms with Crippen molar-refractivity contribution in [1.29, 1.82) is 5.26 Å². The second-order valence-electron chi connectivity index (χ2n) is 3.56. The summed E-state index contributed by atoms with van der Waals surface area (Å²) in [5.74, 6) is 0.293. The van der Waals surface area contributed by atoms with Gasteiger partial charge in [0.1, 0.15) is 22.8 Å². The largest absolute Gasteiger partial charge is 0.321 e. The van der Waals surface area contributed by atoms with E-state index in [9.17, 15) is 0 Å². The molecular formula is C11H5ClN6S. The Labute approximate surface area is 117 Å². The lowest BCUT2D eigenvalue weighted by Gasteiger charge is -2.06. The predicted octanol–water partition coefficient (Wildman–Crippen LogP) is 2.75. The third kappa shape index (κ3) is 2.19. The first-order chi connectivity index (χ1) is 9.28. The zero-order valence-corrected chi connectivity index (χ0v) is 10.9. The summed E-state index contributed by atoms with van der Waals surface area (Å²) in [5, 5.41) is 12.3. The third-order valence-electron chi connectivity index (χ3n) is 2.38. The molecule has 1 aromatic carbocycles. The minimum Gasteiger partial charge on any atom is -0.321 e. The molecule has 0 aliphatic carbocycles. The lowest BCUT2D eigenvalue weighted by atomic mass is 10.2. The first-order valence-corrected chi connectivity index (χ1v) is 6.29. The number of aromatic nitrogens is 4. The van der Waals surface area contributed by atoms with E-state index in [0.29, 0.717) is 22.2 Å². The molecule has 92 valence electrons. The van der Waals surface area contributed by atoms with Crippen molar-refractivity contribution in [3.05, 3.63) is 35.1 Å². The highest BCUT2D eigenvalue weighted by Crippen LogP contribution is 2.31. The van der Waals surface area contributed by atoms with Crippen LogP contribution in [0.15, 0.2) is 24.4 Å². The monoisotopic (exact) mass is 288 g/mol. The van der Waals surface area contributed by atoms with Crippen LogP contribution in [0.2, 0.25) is 5.02 Å². The van der Waals surface area contributed by atoms with Gasteiger partial charge in [0.15, 0.2) is 0 Å². The first kappa shape index (κ1) is 11.8. The summed E-state index contributed by atoms with van der Waals surface area (Å²) in [4.78, 5) is 8.07. The van der Waals surface area contributed by atoms with Crippen LogP contribution in [0.3, 0.4) is 0 Å². The number of benzene rings is 1. The molecule has 6 nitrogen and oxygen atoms in total. The molecule has 2 heterocycles. The second kappa shape index (κ2) is 4.76. The fraction of sp³-hybridized carbons (Fsp3) is 0. The Morgan fingerprint density at radius 1 is 1.26 bits per heavy atom. The minimum absolute atomic E-state index is 0.275. The van der Waals surface area contributed by atoms with Crippen molar-refractivity contribution >= 4 is 46.0 Å². The Bertz CT molecular complexity index is 793. The number of hydrogen-bond acceptors (Lipinski definition) is 7. The van der Waals surface area contributed by atoms with E-state index in [1.807, 2.05) is 6.07 Å². The van der Waals surface area contributed by atoms with Crippen LogP contribution in [0.1, 0.15) is 5.69 Å². The Hall–Kier alpha value is -2.30. The van der Waals surface area contributed by atoms with Gasteiger partial charge in [-0.15, -0.1) is 0 Å². The maximum atomic E-state index is 8.81. The van der Waals surface area contributed by atoms with Gasteiger partial charge >= 0.3 is 0 Å². The molecule has 0 atom stereocenters. The van der Waals surface area contributed by atoms with Crippen LogP contribution in [0.4, 0.5) is 11.6 Å². The second-order valence-corrected chi connectivity index (χ2v) is 4.49. The predicted molar refractivity (Wildman–Crippen MR) is 72.5 cm³/mol. The highest BCUT2D eigenvalue weighted by Gasteiger charge is 2.11. The molecule has 0 unspecified atom stereocenters. The Morgan fingerprint density at radius 2 is 2.16 bits per heavy atom. The van der Waals surface area contributed by atoms with Crippen LogP contribution in [-0.2, 0) is 0 Å². The van der Waals surface area contributed by atoms with Gasteiger partial charge in [0.25, 0.3) is 0 Å². The summed E-state index contributed by atoms with van der Waals surface area (Å²) in [6.07, 6.45) is 1.50. The number of fused-ring (bicyclic) bond motifs is 1. The van der Waals surface area contributed by atoms with Gasteiger partial charge in [-0.1, -0.05) is 11.6 Å². The Balaban J connectivity index is 2.07. The molecule has 0 spiro atoms. The van der Waals surface area contributed by atoms with Gasteiger partial charge < -0.3 is 5.32 Å². The third-order valence-corrected chi connectivity index (χ3v) is 3.24. The van der Waals surface area contributed by atoms with Gasteiger partial charge in [-0.05, 0) is 18.2 Å². The van der Waals surface area contributed by atoms with Crippen LogP contribution < -0.4 is 5.32 Å². The van der Waals surface area contributed by atoms with Crippen LogP contribution in [0.25, 0.3) is 11.0 Å². The molecule has 19 heavy (non-hydrogen) atoms. The Morgan fingerprint density at radius 3 is 3.00 bits per heavy atom. The normalized spacial score (nSPS) is 10.3. The molecule has 0 fully saturated rings. The van der Waals surface area contributed by atoms with E-state index in [4.69, 9.17) is 16.9 Å². The fourth-order valence-corrected chi connectivity index (χ4v) is 2.28. The maximum Gasteiger partial charge on any atom is 0.228 e. The zero-order valence-electron chi connectivity index (χ0n) is 9.33. The molecule has 3 aromatic rings. The molecule has 0 saturated heterocycles. The molecule has 0 aliphatic heterocycles. The van der Waals surface area contributed by atoms with E-state index in [-0.39, 0.29) is 5.69 Å². The number of anilines is 2. The smallest absolute Gasteiger partial charge is 0.228 e. The molecule has 8 heteroatoms. The molecule has 1 N–H and O–H groups in total. The zero-order chi connectivity index (χ0) is 13.2. The average molecular weight is 289 g/mol. The Kier molecular flexibility index (Phi) is 2.95. The molecule has 2 aromatic heterocycles. The number of nitrogens with one attached hydrogen (secondary N) is 1. The van der Waals surface area contributed by atoms with Gasteiger partial charge in [0.05, 0.1) is 22.4 Å². The van der Waals surface area contributed by atoms with E-state index < -0.39 is 0 Å². The van der Waals surface area contributed by atoms with Crippen molar-refractivity contribution < 1.29 is 0 Å². The summed E-state index contributed by atoms with van der Waals surface area (Å²) in [5.41, 5.74) is 2.26. The van der Waals surface area contributed by atoms with Crippen molar-refractivity contribution in [2.45, 2.75) is 0 Å². The van der Waals surface area contributed by atoms with Crippen molar-refractivity contribution in [2.75, 3.05) is 5.32 Å². The van der Waals surface area contributed by atoms with Gasteiger partial charge in [-0.25, -0.2) is 9.97 Å². The maximum absolute atomic E-state index is 8.81. The van der Waals surface area contributed by atoms with Crippen molar-refractivity contribution in [3.8, 4) is 6.07 Å². The van der Waals surface area contributed by atoms with E-state index in [1.165, 1.54) is 12.3 Å². The molecule has 3 rings (SSSR count). The van der Waals surface area contributed by atoms with Gasteiger partial charge in [0.2, 0.25) is 5.95 Å². The van der Waals surface area contributed by atoms with E-state index in [2.05, 4.69) is 24.0 Å². The van der Waals surface area contributed by atoms with Crippen LogP contribution in [-0.4, -0.2) is 18.7 Å². The first-order valence-electron chi connectivity index (χ1n) is 5.19. The molecule has 0 saturated carbocycles. The summed E-state index contributed by atoms with van der Waals surface area (Å²) in [6.45, 7) is 0. The van der Waals surface area contributed by atoms with Crippen molar-refractivity contribution in [1.82, 2.24) is 18.7 Å². The van der Waals surface area contributed by atoms with Crippen LogP contribution >= 0.6 is 23.3 Å². The minimum atomic E-state index is 0.275. The fourth-order valence-electron chi connectivity index (χ4n) is 1.54. The van der Waals surface area contributed by atoms with E-state index in [1.54, 1.807) is 12.1 Å².